The lowest BCUT2D eigenvalue weighted by Crippen LogP contribution is -2.58. The second-order valence-corrected chi connectivity index (χ2v) is 10.0. The first-order valence-electron chi connectivity index (χ1n) is 13.4. The summed E-state index contributed by atoms with van der Waals surface area (Å²) in [7, 11) is 0. The number of nitrogens with zero attached hydrogens (tertiary/aromatic N) is 5. The normalized spacial score (nSPS) is 18.7. The van der Waals surface area contributed by atoms with Crippen molar-refractivity contribution in [3.8, 4) is 0 Å². The molecule has 0 radical (unpaired) electrons. The molecule has 1 aromatic carbocycles. The second-order valence-electron chi connectivity index (χ2n) is 10.0. The minimum Gasteiger partial charge on any atom is -0.381 e. The van der Waals surface area contributed by atoms with Crippen LogP contribution in [0, 0.1) is 0 Å². The van der Waals surface area contributed by atoms with E-state index < -0.39 is 0 Å². The summed E-state index contributed by atoms with van der Waals surface area (Å²) in [6.07, 6.45) is 5.02. The lowest BCUT2D eigenvalue weighted by molar-refractivity contribution is -0.130. The van der Waals surface area contributed by atoms with Crippen molar-refractivity contribution in [1.29, 1.82) is 0 Å². The molecule has 0 unspecified atom stereocenters. The maximum atomic E-state index is 12.2. The van der Waals surface area contributed by atoms with E-state index in [-0.39, 0.29) is 23.0 Å². The fourth-order valence-corrected chi connectivity index (χ4v) is 5.79. The van der Waals surface area contributed by atoms with Gasteiger partial charge in [0.25, 0.3) is 5.56 Å². The number of amides is 1. The van der Waals surface area contributed by atoms with Crippen LogP contribution >= 0.6 is 0 Å². The molecule has 9 heteroatoms. The summed E-state index contributed by atoms with van der Waals surface area (Å²) in [5.41, 5.74) is 2.89. The van der Waals surface area contributed by atoms with Gasteiger partial charge in [-0.25, -0.2) is 4.98 Å². The monoisotopic (exact) mass is 516 g/mol. The molecule has 0 aliphatic carbocycles. The van der Waals surface area contributed by atoms with Crippen LogP contribution in [0.15, 0.2) is 60.0 Å². The molecule has 1 atom stereocenters. The van der Waals surface area contributed by atoms with Gasteiger partial charge >= 0.3 is 0 Å². The van der Waals surface area contributed by atoms with Crippen LogP contribution in [0.4, 0.5) is 5.95 Å². The predicted molar refractivity (Wildman–Crippen MR) is 148 cm³/mol. The Hall–Kier alpha value is -3.56. The zero-order valence-corrected chi connectivity index (χ0v) is 22.2. The summed E-state index contributed by atoms with van der Waals surface area (Å²) in [5, 5.41) is 4.24. The van der Waals surface area contributed by atoms with Gasteiger partial charge in [0.2, 0.25) is 11.9 Å². The largest absolute Gasteiger partial charge is 0.381 e. The number of hydrogen-bond acceptors (Lipinski definition) is 7. The quantitative estimate of drug-likeness (QED) is 0.482. The van der Waals surface area contributed by atoms with Crippen molar-refractivity contribution in [3.63, 3.8) is 0 Å². The molecule has 0 spiro atoms. The highest BCUT2D eigenvalue weighted by atomic mass is 16.5. The molecule has 4 heterocycles. The molecule has 2 aromatic heterocycles. The van der Waals surface area contributed by atoms with E-state index >= 15 is 0 Å². The lowest BCUT2D eigenvalue weighted by Gasteiger charge is -2.50. The third-order valence-electron chi connectivity index (χ3n) is 8.02. The number of ether oxygens (including phenoxy) is 1. The van der Waals surface area contributed by atoms with Gasteiger partial charge in [-0.1, -0.05) is 30.8 Å². The Bertz CT molecular complexity index is 1350. The Morgan fingerprint density at radius 3 is 2.50 bits per heavy atom. The van der Waals surface area contributed by atoms with Gasteiger partial charge in [0, 0.05) is 63.6 Å². The predicted octanol–water partition coefficient (Wildman–Crippen LogP) is 3.32. The van der Waals surface area contributed by atoms with Gasteiger partial charge in [0.05, 0.1) is 11.6 Å². The molecule has 1 amide bonds. The maximum absolute atomic E-state index is 12.2. The Kier molecular flexibility index (Phi) is 7.58. The van der Waals surface area contributed by atoms with Crippen LogP contribution in [0.25, 0.3) is 11.0 Å². The number of carbonyl (C=O) groups excluding carboxylic acids is 1. The molecular weight excluding hydrogens is 480 g/mol. The minimum atomic E-state index is -0.0952. The second kappa shape index (κ2) is 11.0. The van der Waals surface area contributed by atoms with Crippen LogP contribution in [0.3, 0.4) is 0 Å². The Morgan fingerprint density at radius 2 is 1.84 bits per heavy atom. The van der Waals surface area contributed by atoms with Crippen LogP contribution in [0.5, 0.6) is 0 Å². The molecule has 9 nitrogen and oxygen atoms in total. The highest BCUT2D eigenvalue weighted by molar-refractivity contribution is 5.87. The molecule has 2 aliphatic rings. The summed E-state index contributed by atoms with van der Waals surface area (Å²) < 4.78 is 7.40. The van der Waals surface area contributed by atoms with E-state index in [9.17, 15) is 9.59 Å². The van der Waals surface area contributed by atoms with Crippen LogP contribution in [-0.2, 0) is 21.6 Å². The average molecular weight is 517 g/mol. The number of rotatable bonds is 7. The number of anilines is 1. The van der Waals surface area contributed by atoms with E-state index in [0.717, 1.165) is 50.1 Å². The Morgan fingerprint density at radius 1 is 1.13 bits per heavy atom. The van der Waals surface area contributed by atoms with E-state index in [2.05, 4.69) is 58.0 Å². The smallest absolute Gasteiger partial charge is 0.252 e. The molecule has 5 rings (SSSR count). The van der Waals surface area contributed by atoms with Crippen LogP contribution in [-0.4, -0.2) is 69.6 Å². The number of hydrogen-bond donors (Lipinski definition) is 1. The van der Waals surface area contributed by atoms with E-state index in [1.165, 1.54) is 11.6 Å². The third-order valence-corrected chi connectivity index (χ3v) is 8.02. The summed E-state index contributed by atoms with van der Waals surface area (Å²) in [6.45, 7) is 12.8. The van der Waals surface area contributed by atoms with E-state index in [0.29, 0.717) is 31.2 Å². The van der Waals surface area contributed by atoms with E-state index in [4.69, 9.17) is 4.74 Å². The number of nitrogens with one attached hydrogen (secondary N) is 1. The first-order valence-corrected chi connectivity index (χ1v) is 13.4. The van der Waals surface area contributed by atoms with Gasteiger partial charge < -0.3 is 15.0 Å². The van der Waals surface area contributed by atoms with Crippen molar-refractivity contribution in [2.45, 2.75) is 44.8 Å². The molecular formula is C29H36N6O3. The molecule has 3 aromatic rings. The number of carbonyl (C=O) groups is 1. The Labute approximate surface area is 223 Å². The van der Waals surface area contributed by atoms with Gasteiger partial charge in [-0.3, -0.25) is 19.1 Å². The van der Waals surface area contributed by atoms with Crippen molar-refractivity contribution >= 4 is 22.9 Å². The fraction of sp³-hybridized carbons (Fsp3) is 0.448. The molecule has 2 aliphatic heterocycles. The van der Waals surface area contributed by atoms with Gasteiger partial charge in [-0.2, -0.15) is 4.98 Å². The van der Waals surface area contributed by atoms with Gasteiger partial charge in [0.1, 0.15) is 5.65 Å². The minimum absolute atomic E-state index is 0.00453. The van der Waals surface area contributed by atoms with Gasteiger partial charge in [0.15, 0.2) is 0 Å². The molecule has 38 heavy (non-hydrogen) atoms. The van der Waals surface area contributed by atoms with Crippen LogP contribution < -0.4 is 10.9 Å². The van der Waals surface area contributed by atoms with Crippen molar-refractivity contribution in [1.82, 2.24) is 24.3 Å². The SMILES string of the molecule is C=CC(=O)N1CCN(C2(c3ccc([C@H](C)Nc4ncc5ccc(=O)n(CC)c5n4)cc3)CCOCC2)CC1. The van der Waals surface area contributed by atoms with E-state index in [1.54, 1.807) is 22.9 Å². The summed E-state index contributed by atoms with van der Waals surface area (Å²) in [6, 6.07) is 12.1. The van der Waals surface area contributed by atoms with Crippen LogP contribution in [0.1, 0.15) is 43.9 Å². The summed E-state index contributed by atoms with van der Waals surface area (Å²) >= 11 is 0. The number of piperazine rings is 1. The van der Waals surface area contributed by atoms with Gasteiger partial charge in [-0.15, -0.1) is 0 Å². The first-order chi connectivity index (χ1) is 18.4. The zero-order valence-electron chi connectivity index (χ0n) is 22.2. The van der Waals surface area contributed by atoms with Crippen molar-refractivity contribution in [2.24, 2.45) is 0 Å². The maximum Gasteiger partial charge on any atom is 0.252 e. The first kappa shape index (κ1) is 26.1. The summed E-state index contributed by atoms with van der Waals surface area (Å²) in [4.78, 5) is 37.8. The number of benzene rings is 1. The average Bonchev–Trinajstić information content (AvgIpc) is 2.97. The molecule has 2 fully saturated rings. The molecule has 2 saturated heterocycles. The van der Waals surface area contributed by atoms with E-state index in [1.807, 2.05) is 11.8 Å². The highest BCUT2D eigenvalue weighted by Crippen LogP contribution is 2.39. The molecule has 1 N–H and O–H groups in total. The number of pyridine rings is 1. The highest BCUT2D eigenvalue weighted by Gasteiger charge is 2.41. The van der Waals surface area contributed by atoms with Crippen molar-refractivity contribution in [3.05, 3.63) is 76.7 Å². The molecule has 200 valence electrons. The number of aromatic nitrogens is 3. The summed E-state index contributed by atoms with van der Waals surface area (Å²) in [5.74, 6) is 0.500. The van der Waals surface area contributed by atoms with Crippen molar-refractivity contribution < 1.29 is 9.53 Å². The zero-order chi connectivity index (χ0) is 26.7. The molecule has 0 bridgehead atoms. The molecule has 0 saturated carbocycles. The van der Waals surface area contributed by atoms with Crippen molar-refractivity contribution in [2.75, 3.05) is 44.7 Å². The number of aryl methyl sites for hydroxylation is 1. The van der Waals surface area contributed by atoms with Crippen LogP contribution in [0.2, 0.25) is 0 Å². The third kappa shape index (κ3) is 4.96. The fourth-order valence-electron chi connectivity index (χ4n) is 5.79. The lowest BCUT2D eigenvalue weighted by atomic mass is 9.80. The standard InChI is InChI=1S/C29H36N6O3/c1-4-25(36)33-14-16-34(17-15-33)29(12-18-38-19-13-29)24-9-6-22(7-10-24)21(3)31-28-30-20-23-8-11-26(37)35(5-2)27(23)32-28/h4,6-11,20-21H,1,5,12-19H2,2-3H3,(H,30,31,32)/t21-/m0/s1. The van der Waals surface area contributed by atoms with Gasteiger partial charge in [-0.05, 0) is 50.0 Å². The topological polar surface area (TPSA) is 92.6 Å². The Balaban J connectivity index is 1.34. The number of fused-ring (bicyclic) bond motifs is 1.